The van der Waals surface area contributed by atoms with E-state index in [0.29, 0.717) is 0 Å². The van der Waals surface area contributed by atoms with Gasteiger partial charge in [-0.25, -0.2) is 8.42 Å². The van der Waals surface area contributed by atoms with E-state index in [1.807, 2.05) is 0 Å². The van der Waals surface area contributed by atoms with Gasteiger partial charge < -0.3 is 5.11 Å². The van der Waals surface area contributed by atoms with Crippen LogP contribution in [0, 0.1) is 0 Å². The van der Waals surface area contributed by atoms with Gasteiger partial charge in [-0.1, -0.05) is 6.07 Å². The average molecular weight is 224 g/mol. The first kappa shape index (κ1) is 9.92. The Morgan fingerprint density at radius 1 is 1.33 bits per heavy atom. The maximum Gasteiger partial charge on any atom is 0.210 e. The van der Waals surface area contributed by atoms with Crippen LogP contribution in [0.5, 0.6) is 5.75 Å². The summed E-state index contributed by atoms with van der Waals surface area (Å²) in [6.45, 7) is 1.19. The van der Waals surface area contributed by atoms with E-state index in [0.717, 1.165) is 0 Å². The van der Waals surface area contributed by atoms with Crippen LogP contribution in [-0.2, 0) is 14.6 Å². The van der Waals surface area contributed by atoms with Crippen molar-refractivity contribution in [3.63, 3.8) is 0 Å². The van der Waals surface area contributed by atoms with E-state index in [1.54, 1.807) is 0 Å². The van der Waals surface area contributed by atoms with Crippen LogP contribution in [0.15, 0.2) is 28.0 Å². The lowest BCUT2D eigenvalue weighted by atomic mass is 10.2. The molecule has 4 nitrogen and oxygen atoms in total. The summed E-state index contributed by atoms with van der Waals surface area (Å²) < 4.78 is 23.6. The molecule has 0 radical (unpaired) electrons. The topological polar surface area (TPSA) is 71.4 Å². The first-order chi connectivity index (χ1) is 6.94. The molecule has 1 aliphatic rings. The zero-order valence-corrected chi connectivity index (χ0v) is 8.71. The van der Waals surface area contributed by atoms with Crippen molar-refractivity contribution in [3.05, 3.63) is 28.7 Å². The number of aromatic hydroxyl groups is 1. The molecule has 0 bridgehead atoms. The minimum Gasteiger partial charge on any atom is -0.507 e. The molecule has 0 aliphatic carbocycles. The number of hydrogen-bond donors (Lipinski definition) is 1. The molecule has 1 N–H and O–H groups in total. The van der Waals surface area contributed by atoms with Crippen LogP contribution in [-0.4, -0.2) is 19.3 Å². The number of rotatable bonds is 1. The number of phenolic OH excluding ortho intramolecular Hbond substituents is 1. The predicted octanol–water partition coefficient (Wildman–Crippen LogP) is 1.11. The van der Waals surface area contributed by atoms with Crippen LogP contribution < -0.4 is 0 Å². The van der Waals surface area contributed by atoms with Crippen LogP contribution in [0.3, 0.4) is 0 Å². The molecule has 0 amide bonds. The monoisotopic (exact) mass is 224 g/mol. The molecule has 0 atom stereocenters. The third kappa shape index (κ3) is 1.27. The van der Waals surface area contributed by atoms with Gasteiger partial charge in [-0.05, 0) is 25.1 Å². The van der Waals surface area contributed by atoms with E-state index in [2.05, 4.69) is 0 Å². The van der Waals surface area contributed by atoms with Crippen LogP contribution in [0.25, 0.3) is 6.08 Å². The van der Waals surface area contributed by atoms with Crippen molar-refractivity contribution in [2.45, 2.75) is 11.8 Å². The summed E-state index contributed by atoms with van der Waals surface area (Å²) in [5.41, 5.74) is 0.197. The molecule has 0 spiro atoms. The Balaban J connectivity index is 2.81. The van der Waals surface area contributed by atoms with Crippen molar-refractivity contribution in [2.75, 3.05) is 0 Å². The number of benzene rings is 1. The van der Waals surface area contributed by atoms with Crippen LogP contribution in [0.2, 0.25) is 0 Å². The number of ketones is 1. The highest BCUT2D eigenvalue weighted by molar-refractivity contribution is 7.96. The van der Waals surface area contributed by atoms with E-state index >= 15 is 0 Å². The van der Waals surface area contributed by atoms with E-state index in [9.17, 15) is 18.3 Å². The first-order valence-corrected chi connectivity index (χ1v) is 5.72. The zero-order chi connectivity index (χ0) is 11.2. The van der Waals surface area contributed by atoms with Crippen molar-refractivity contribution >= 4 is 21.7 Å². The standard InChI is InChI=1S/C10H8O4S/c1-6(11)10-5-7-8(12)3-2-4-9(7)15(10,13)14/h2-5,12H,1H3. The number of fused-ring (bicyclic) bond motifs is 1. The Morgan fingerprint density at radius 3 is 2.53 bits per heavy atom. The molecular weight excluding hydrogens is 216 g/mol. The number of carbonyl (C=O) groups excluding carboxylic acids is 1. The second-order valence-corrected chi connectivity index (χ2v) is 5.14. The number of sulfone groups is 1. The second-order valence-electron chi connectivity index (χ2n) is 3.26. The average Bonchev–Trinajstić information content (AvgIpc) is 2.40. The molecule has 78 valence electrons. The molecule has 0 saturated heterocycles. The quantitative estimate of drug-likeness (QED) is 0.775. The minimum atomic E-state index is -3.72. The van der Waals surface area contributed by atoms with Gasteiger partial charge in [0.2, 0.25) is 9.84 Å². The van der Waals surface area contributed by atoms with E-state index in [-0.39, 0.29) is 21.1 Å². The Hall–Kier alpha value is -1.62. The van der Waals surface area contributed by atoms with Crippen molar-refractivity contribution in [1.82, 2.24) is 0 Å². The van der Waals surface area contributed by atoms with Gasteiger partial charge in [0.1, 0.15) is 10.7 Å². The van der Waals surface area contributed by atoms with Gasteiger partial charge >= 0.3 is 0 Å². The largest absolute Gasteiger partial charge is 0.507 e. The summed E-state index contributed by atoms with van der Waals surface area (Å²) in [4.78, 5) is 10.8. The van der Waals surface area contributed by atoms with Gasteiger partial charge in [-0.2, -0.15) is 0 Å². The summed E-state index contributed by atoms with van der Waals surface area (Å²) in [6, 6.07) is 4.19. The van der Waals surface area contributed by atoms with Crippen LogP contribution in [0.1, 0.15) is 12.5 Å². The summed E-state index contributed by atoms with van der Waals surface area (Å²) >= 11 is 0. The highest BCUT2D eigenvalue weighted by Gasteiger charge is 2.33. The lowest BCUT2D eigenvalue weighted by Crippen LogP contribution is -2.06. The molecule has 1 aliphatic heterocycles. The SMILES string of the molecule is CC(=O)C1=Cc2c(O)cccc2S1(=O)=O. The van der Waals surface area contributed by atoms with Crippen LogP contribution in [0.4, 0.5) is 0 Å². The fourth-order valence-electron chi connectivity index (χ4n) is 1.53. The predicted molar refractivity (Wildman–Crippen MR) is 54.0 cm³/mol. The minimum absolute atomic E-state index is 0.00676. The van der Waals surface area contributed by atoms with Crippen molar-refractivity contribution in [3.8, 4) is 5.75 Å². The maximum absolute atomic E-state index is 11.8. The maximum atomic E-state index is 11.8. The molecule has 0 fully saturated rings. The van der Waals surface area contributed by atoms with E-state index < -0.39 is 15.6 Å². The molecule has 5 heteroatoms. The van der Waals surface area contributed by atoms with Gasteiger partial charge in [0, 0.05) is 5.56 Å². The summed E-state index contributed by atoms with van der Waals surface area (Å²) in [5, 5.41) is 9.44. The van der Waals surface area contributed by atoms with E-state index in [4.69, 9.17) is 0 Å². The molecule has 0 aromatic heterocycles. The number of allylic oxidation sites excluding steroid dienone is 1. The Labute approximate surface area is 86.8 Å². The molecule has 1 aromatic carbocycles. The van der Waals surface area contributed by atoms with Gasteiger partial charge in [0.15, 0.2) is 5.78 Å². The lowest BCUT2D eigenvalue weighted by Gasteiger charge is -2.00. The zero-order valence-electron chi connectivity index (χ0n) is 7.89. The molecule has 2 rings (SSSR count). The lowest BCUT2D eigenvalue weighted by molar-refractivity contribution is -0.112. The third-order valence-electron chi connectivity index (χ3n) is 2.24. The highest BCUT2D eigenvalue weighted by Crippen LogP contribution is 2.37. The van der Waals surface area contributed by atoms with E-state index in [1.165, 1.54) is 31.2 Å². The molecular formula is C10H8O4S. The molecule has 0 unspecified atom stereocenters. The first-order valence-electron chi connectivity index (χ1n) is 4.24. The smallest absolute Gasteiger partial charge is 0.210 e. The Morgan fingerprint density at radius 2 is 2.00 bits per heavy atom. The van der Waals surface area contributed by atoms with Crippen LogP contribution >= 0.6 is 0 Å². The van der Waals surface area contributed by atoms with Crippen molar-refractivity contribution < 1.29 is 18.3 Å². The molecule has 1 heterocycles. The summed E-state index contributed by atoms with van der Waals surface area (Å²) in [5.74, 6) is -0.655. The van der Waals surface area contributed by atoms with Crippen molar-refractivity contribution in [2.24, 2.45) is 0 Å². The normalized spacial score (nSPS) is 17.0. The fraction of sp³-hybridized carbons (Fsp3) is 0.100. The highest BCUT2D eigenvalue weighted by atomic mass is 32.2. The second kappa shape index (κ2) is 2.93. The third-order valence-corrected chi connectivity index (χ3v) is 4.16. The van der Waals surface area contributed by atoms with Gasteiger partial charge in [-0.15, -0.1) is 0 Å². The number of carbonyl (C=O) groups is 1. The Bertz CT molecular complexity index is 581. The fourth-order valence-corrected chi connectivity index (χ4v) is 3.13. The number of Topliss-reactive ketones (excluding diaryl/α,β-unsaturated/α-hetero) is 1. The van der Waals surface area contributed by atoms with Gasteiger partial charge in [-0.3, -0.25) is 4.79 Å². The molecule has 0 saturated carbocycles. The number of phenols is 1. The number of hydrogen-bond acceptors (Lipinski definition) is 4. The Kier molecular flexibility index (Phi) is 1.94. The summed E-state index contributed by atoms with van der Waals surface area (Å²) in [7, 11) is -3.72. The van der Waals surface area contributed by atoms with Gasteiger partial charge in [0.25, 0.3) is 0 Å². The molecule has 1 aromatic rings. The van der Waals surface area contributed by atoms with Gasteiger partial charge in [0.05, 0.1) is 4.90 Å². The molecule has 15 heavy (non-hydrogen) atoms. The summed E-state index contributed by atoms with van der Waals surface area (Å²) in [6.07, 6.45) is 1.21. The van der Waals surface area contributed by atoms with Crippen molar-refractivity contribution in [1.29, 1.82) is 0 Å².